The molecule has 0 aliphatic carbocycles. The summed E-state index contributed by atoms with van der Waals surface area (Å²) < 4.78 is 10.9. The second-order valence-corrected chi connectivity index (χ2v) is 7.33. The minimum atomic E-state index is -0.610. The molecular formula is C26H19N3O6. The van der Waals surface area contributed by atoms with Crippen LogP contribution in [0, 0.1) is 10.1 Å². The number of esters is 1. The van der Waals surface area contributed by atoms with Crippen LogP contribution >= 0.6 is 0 Å². The van der Waals surface area contributed by atoms with Crippen molar-refractivity contribution in [1.29, 1.82) is 0 Å². The Balaban J connectivity index is 1.51. The maximum Gasteiger partial charge on any atom is 0.344 e. The number of hydrogen-bond donors (Lipinski definition) is 1. The molecule has 0 saturated heterocycles. The number of fused-ring (bicyclic) bond motifs is 1. The van der Waals surface area contributed by atoms with Crippen LogP contribution in [-0.4, -0.2) is 30.1 Å². The number of hydrogen-bond acceptors (Lipinski definition) is 7. The van der Waals surface area contributed by atoms with E-state index in [1.165, 1.54) is 31.5 Å². The Kier molecular flexibility index (Phi) is 6.78. The van der Waals surface area contributed by atoms with E-state index in [9.17, 15) is 19.7 Å². The fraction of sp³-hybridized carbons (Fsp3) is 0.0385. The van der Waals surface area contributed by atoms with Gasteiger partial charge >= 0.3 is 5.97 Å². The third-order valence-corrected chi connectivity index (χ3v) is 5.10. The zero-order valence-electron chi connectivity index (χ0n) is 18.5. The second-order valence-electron chi connectivity index (χ2n) is 7.33. The number of hydrazone groups is 1. The van der Waals surface area contributed by atoms with Crippen LogP contribution in [-0.2, 0) is 0 Å². The smallest absolute Gasteiger partial charge is 0.344 e. The van der Waals surface area contributed by atoms with E-state index in [0.717, 1.165) is 16.8 Å². The summed E-state index contributed by atoms with van der Waals surface area (Å²) in [6.07, 6.45) is 1.35. The van der Waals surface area contributed by atoms with Crippen molar-refractivity contribution in [1.82, 2.24) is 5.43 Å². The molecule has 4 aromatic carbocycles. The minimum Gasteiger partial charge on any atom is -0.493 e. The number of nitro benzene ring substituents is 1. The van der Waals surface area contributed by atoms with E-state index in [-0.39, 0.29) is 17.0 Å². The number of ether oxygens (including phenoxy) is 2. The highest BCUT2D eigenvalue weighted by Gasteiger charge is 2.16. The summed E-state index contributed by atoms with van der Waals surface area (Å²) in [5.41, 5.74) is 3.14. The molecule has 1 N–H and O–H groups in total. The zero-order valence-corrected chi connectivity index (χ0v) is 18.5. The van der Waals surface area contributed by atoms with Crippen molar-refractivity contribution in [2.45, 2.75) is 0 Å². The number of rotatable bonds is 7. The maximum atomic E-state index is 12.9. The number of carbonyl (C=O) groups is 2. The average molecular weight is 469 g/mol. The van der Waals surface area contributed by atoms with Crippen LogP contribution in [0.5, 0.6) is 11.5 Å². The van der Waals surface area contributed by atoms with Crippen LogP contribution in [0.15, 0.2) is 90.0 Å². The molecule has 0 fully saturated rings. The number of nitrogens with zero attached hydrogens (tertiary/aromatic N) is 2. The van der Waals surface area contributed by atoms with E-state index >= 15 is 0 Å². The molecule has 0 radical (unpaired) electrons. The average Bonchev–Trinajstić information content (AvgIpc) is 2.88. The van der Waals surface area contributed by atoms with Gasteiger partial charge in [-0.3, -0.25) is 14.9 Å². The summed E-state index contributed by atoms with van der Waals surface area (Å²) in [5, 5.41) is 16.5. The van der Waals surface area contributed by atoms with Crippen LogP contribution < -0.4 is 14.9 Å². The van der Waals surface area contributed by atoms with Crippen molar-refractivity contribution in [2.75, 3.05) is 7.11 Å². The van der Waals surface area contributed by atoms with E-state index in [4.69, 9.17) is 9.47 Å². The van der Waals surface area contributed by atoms with Crippen molar-refractivity contribution >= 4 is 34.6 Å². The van der Waals surface area contributed by atoms with E-state index in [0.29, 0.717) is 16.9 Å². The molecule has 0 heterocycles. The molecular weight excluding hydrogens is 450 g/mol. The topological polar surface area (TPSA) is 120 Å². The van der Waals surface area contributed by atoms with Crippen molar-refractivity contribution < 1.29 is 24.0 Å². The highest BCUT2D eigenvalue weighted by atomic mass is 16.6. The van der Waals surface area contributed by atoms with Gasteiger partial charge < -0.3 is 9.47 Å². The second kappa shape index (κ2) is 10.3. The molecule has 4 rings (SSSR count). The van der Waals surface area contributed by atoms with Gasteiger partial charge in [-0.25, -0.2) is 10.2 Å². The fourth-order valence-electron chi connectivity index (χ4n) is 3.40. The molecule has 0 atom stereocenters. The number of carbonyl (C=O) groups excluding carboxylic acids is 2. The SMILES string of the molecule is COc1ccc(/C=N\NC(=O)c2cccc([N+](=O)[O-])c2)cc1OC(=O)c1cccc2ccccc12. The predicted octanol–water partition coefficient (Wildman–Crippen LogP) is 4.74. The van der Waals surface area contributed by atoms with Gasteiger partial charge in [0.15, 0.2) is 11.5 Å². The number of non-ortho nitro benzene ring substituents is 1. The molecule has 4 aromatic rings. The van der Waals surface area contributed by atoms with Crippen molar-refractivity contribution in [2.24, 2.45) is 5.10 Å². The Morgan fingerprint density at radius 3 is 2.51 bits per heavy atom. The van der Waals surface area contributed by atoms with Gasteiger partial charge in [0.1, 0.15) is 0 Å². The summed E-state index contributed by atoms with van der Waals surface area (Å²) >= 11 is 0. The number of benzene rings is 4. The Labute approximate surface area is 199 Å². The number of methoxy groups -OCH3 is 1. The molecule has 9 nitrogen and oxygen atoms in total. The monoisotopic (exact) mass is 469 g/mol. The molecule has 174 valence electrons. The lowest BCUT2D eigenvalue weighted by molar-refractivity contribution is -0.384. The molecule has 0 saturated carbocycles. The fourth-order valence-corrected chi connectivity index (χ4v) is 3.40. The van der Waals surface area contributed by atoms with Gasteiger partial charge in [0, 0.05) is 17.7 Å². The molecule has 0 unspecified atom stereocenters. The lowest BCUT2D eigenvalue weighted by atomic mass is 10.0. The summed E-state index contributed by atoms with van der Waals surface area (Å²) in [6, 6.07) is 23.0. The molecule has 0 aliphatic rings. The largest absolute Gasteiger partial charge is 0.493 e. The van der Waals surface area contributed by atoms with Crippen LogP contribution in [0.1, 0.15) is 26.3 Å². The quantitative estimate of drug-likeness (QED) is 0.137. The van der Waals surface area contributed by atoms with Gasteiger partial charge in [0.2, 0.25) is 0 Å². The first-order valence-corrected chi connectivity index (χ1v) is 10.4. The highest BCUT2D eigenvalue weighted by molar-refractivity contribution is 6.05. The summed E-state index contributed by atoms with van der Waals surface area (Å²) in [6.45, 7) is 0. The maximum absolute atomic E-state index is 12.9. The van der Waals surface area contributed by atoms with Gasteiger partial charge in [-0.05, 0) is 46.7 Å². The highest BCUT2D eigenvalue weighted by Crippen LogP contribution is 2.29. The lowest BCUT2D eigenvalue weighted by Crippen LogP contribution is -2.17. The first kappa shape index (κ1) is 23.1. The Morgan fingerprint density at radius 1 is 0.943 bits per heavy atom. The number of nitrogens with one attached hydrogen (secondary N) is 1. The molecule has 0 aromatic heterocycles. The Hall–Kier alpha value is -5.05. The van der Waals surface area contributed by atoms with E-state index in [2.05, 4.69) is 10.5 Å². The zero-order chi connectivity index (χ0) is 24.8. The normalized spacial score (nSPS) is 10.8. The van der Waals surface area contributed by atoms with Gasteiger partial charge in [0.25, 0.3) is 11.6 Å². The van der Waals surface area contributed by atoms with Crippen LogP contribution in [0.4, 0.5) is 5.69 Å². The first-order chi connectivity index (χ1) is 17.0. The molecule has 0 bridgehead atoms. The summed E-state index contributed by atoms with van der Waals surface area (Å²) in [5.74, 6) is -0.634. The Bertz CT molecular complexity index is 1460. The van der Waals surface area contributed by atoms with Crippen molar-refractivity contribution in [3.05, 3.63) is 112 Å². The lowest BCUT2D eigenvalue weighted by Gasteiger charge is -2.11. The molecule has 0 spiro atoms. The Morgan fingerprint density at radius 2 is 1.71 bits per heavy atom. The van der Waals surface area contributed by atoms with Crippen LogP contribution in [0.2, 0.25) is 0 Å². The number of amides is 1. The van der Waals surface area contributed by atoms with Gasteiger partial charge in [-0.2, -0.15) is 5.10 Å². The third kappa shape index (κ3) is 5.31. The summed E-state index contributed by atoms with van der Waals surface area (Å²) in [7, 11) is 1.46. The number of nitro groups is 1. The van der Waals surface area contributed by atoms with Crippen molar-refractivity contribution in [3.8, 4) is 11.5 Å². The molecule has 9 heteroatoms. The van der Waals surface area contributed by atoms with Gasteiger partial charge in [-0.15, -0.1) is 0 Å². The van der Waals surface area contributed by atoms with E-state index < -0.39 is 16.8 Å². The minimum absolute atomic E-state index is 0.0933. The van der Waals surface area contributed by atoms with Crippen LogP contribution in [0.25, 0.3) is 10.8 Å². The predicted molar refractivity (Wildman–Crippen MR) is 130 cm³/mol. The first-order valence-electron chi connectivity index (χ1n) is 10.4. The van der Waals surface area contributed by atoms with E-state index in [1.54, 1.807) is 30.3 Å². The molecule has 35 heavy (non-hydrogen) atoms. The third-order valence-electron chi connectivity index (χ3n) is 5.10. The van der Waals surface area contributed by atoms with Crippen molar-refractivity contribution in [3.63, 3.8) is 0 Å². The van der Waals surface area contributed by atoms with Gasteiger partial charge in [0.05, 0.1) is 23.8 Å². The summed E-state index contributed by atoms with van der Waals surface area (Å²) in [4.78, 5) is 35.5. The van der Waals surface area contributed by atoms with Crippen LogP contribution in [0.3, 0.4) is 0 Å². The standard InChI is InChI=1S/C26H19N3O6/c1-34-23-13-12-17(16-27-28-25(30)19-8-4-9-20(15-19)29(32)33)14-24(23)35-26(31)22-11-5-7-18-6-2-3-10-21(18)22/h2-16H,1H3,(H,28,30)/b27-16-. The van der Waals surface area contributed by atoms with E-state index in [1.807, 2.05) is 30.3 Å². The van der Waals surface area contributed by atoms with Gasteiger partial charge in [-0.1, -0.05) is 42.5 Å². The molecule has 1 amide bonds. The molecule has 0 aliphatic heterocycles.